The number of hydrogen-bond donors (Lipinski definition) is 1. The summed E-state index contributed by atoms with van der Waals surface area (Å²) in [6, 6.07) is 4.28. The fourth-order valence-electron chi connectivity index (χ4n) is 2.14. The van der Waals surface area contributed by atoms with Crippen LogP contribution in [0.15, 0.2) is 24.8 Å². The Morgan fingerprint density at radius 3 is 2.33 bits per heavy atom. The molecule has 0 saturated carbocycles. The van der Waals surface area contributed by atoms with Gasteiger partial charge < -0.3 is 5.11 Å². The second-order valence-electron chi connectivity index (χ2n) is 6.31. The van der Waals surface area contributed by atoms with E-state index < -0.39 is 0 Å². The van der Waals surface area contributed by atoms with E-state index in [2.05, 4.69) is 53.3 Å². The number of allylic oxidation sites excluding steroid dienone is 1. The van der Waals surface area contributed by atoms with Gasteiger partial charge in [0.15, 0.2) is 0 Å². The largest absolute Gasteiger partial charge is 0.507 e. The van der Waals surface area contributed by atoms with Gasteiger partial charge in [0.05, 0.1) is 0 Å². The molecule has 100 valence electrons. The summed E-state index contributed by atoms with van der Waals surface area (Å²) < 4.78 is 0. The third kappa shape index (κ3) is 3.38. The molecule has 1 aromatic carbocycles. The molecule has 0 aliphatic heterocycles. The average Bonchev–Trinajstić information content (AvgIpc) is 2.25. The van der Waals surface area contributed by atoms with Crippen molar-refractivity contribution in [3.63, 3.8) is 0 Å². The number of phenols is 1. The molecule has 0 aliphatic carbocycles. The molecule has 0 amide bonds. The van der Waals surface area contributed by atoms with Crippen molar-refractivity contribution in [1.29, 1.82) is 0 Å². The minimum Gasteiger partial charge on any atom is -0.507 e. The van der Waals surface area contributed by atoms with Crippen LogP contribution in [0, 0.1) is 0 Å². The second kappa shape index (κ2) is 5.60. The van der Waals surface area contributed by atoms with Crippen LogP contribution in [0.3, 0.4) is 0 Å². The Balaban J connectivity index is 3.32. The standard InChI is InChI=1S/C17H26O/c1-7-8-9-13-10-14(12(2)3)16(18)15(11-13)17(4,5)6/h7,10-12,18H,1,8-9H2,2-6H3. The number of benzene rings is 1. The highest BCUT2D eigenvalue weighted by molar-refractivity contribution is 5.48. The second-order valence-corrected chi connectivity index (χ2v) is 6.31. The molecule has 0 heterocycles. The zero-order valence-electron chi connectivity index (χ0n) is 12.4. The van der Waals surface area contributed by atoms with E-state index in [-0.39, 0.29) is 5.41 Å². The topological polar surface area (TPSA) is 20.2 Å². The molecule has 0 fully saturated rings. The van der Waals surface area contributed by atoms with Gasteiger partial charge in [0, 0.05) is 0 Å². The molecule has 1 nitrogen and oxygen atoms in total. The van der Waals surface area contributed by atoms with Gasteiger partial charge in [-0.25, -0.2) is 0 Å². The van der Waals surface area contributed by atoms with E-state index in [4.69, 9.17) is 0 Å². The summed E-state index contributed by atoms with van der Waals surface area (Å²) in [5.74, 6) is 0.814. The molecule has 1 N–H and O–H groups in total. The fraction of sp³-hybridized carbons (Fsp3) is 0.529. The SMILES string of the molecule is C=CCCc1cc(C(C)C)c(O)c(C(C)(C)C)c1. The highest BCUT2D eigenvalue weighted by atomic mass is 16.3. The maximum absolute atomic E-state index is 10.4. The summed E-state index contributed by atoms with van der Waals surface area (Å²) in [5.41, 5.74) is 3.37. The maximum atomic E-state index is 10.4. The number of aromatic hydroxyl groups is 1. The zero-order chi connectivity index (χ0) is 13.9. The van der Waals surface area contributed by atoms with Gasteiger partial charge in [0.25, 0.3) is 0 Å². The highest BCUT2D eigenvalue weighted by Crippen LogP contribution is 2.37. The lowest BCUT2D eigenvalue weighted by Crippen LogP contribution is -2.13. The van der Waals surface area contributed by atoms with Crippen LogP contribution in [0.2, 0.25) is 0 Å². The van der Waals surface area contributed by atoms with E-state index in [1.807, 2.05) is 6.08 Å². The molecule has 0 aromatic heterocycles. The minimum atomic E-state index is -0.0298. The van der Waals surface area contributed by atoms with Gasteiger partial charge in [-0.1, -0.05) is 52.8 Å². The summed E-state index contributed by atoms with van der Waals surface area (Å²) in [6.45, 7) is 14.4. The van der Waals surface area contributed by atoms with Crippen LogP contribution in [0.1, 0.15) is 63.6 Å². The summed E-state index contributed by atoms with van der Waals surface area (Å²) in [5, 5.41) is 10.4. The predicted octanol–water partition coefficient (Wildman–Crippen LogP) is 4.93. The van der Waals surface area contributed by atoms with Gasteiger partial charge in [-0.2, -0.15) is 0 Å². The highest BCUT2D eigenvalue weighted by Gasteiger charge is 2.22. The molecule has 1 heteroatoms. The van der Waals surface area contributed by atoms with Gasteiger partial charge in [-0.3, -0.25) is 0 Å². The van der Waals surface area contributed by atoms with Crippen LogP contribution in [0.25, 0.3) is 0 Å². The molecule has 0 saturated heterocycles. The lowest BCUT2D eigenvalue weighted by atomic mass is 9.82. The normalized spacial score (nSPS) is 11.9. The Morgan fingerprint density at radius 2 is 1.89 bits per heavy atom. The van der Waals surface area contributed by atoms with Gasteiger partial charge in [-0.05, 0) is 40.9 Å². The van der Waals surface area contributed by atoms with Crippen LogP contribution in [-0.2, 0) is 11.8 Å². The molecular formula is C17H26O. The monoisotopic (exact) mass is 246 g/mol. The minimum absolute atomic E-state index is 0.0298. The fourth-order valence-corrected chi connectivity index (χ4v) is 2.14. The van der Waals surface area contributed by atoms with Crippen molar-refractivity contribution in [2.75, 3.05) is 0 Å². The lowest BCUT2D eigenvalue weighted by Gasteiger charge is -2.24. The number of phenolic OH excluding ortho intramolecular Hbond substituents is 1. The first-order chi connectivity index (χ1) is 8.27. The molecule has 0 spiro atoms. The Kier molecular flexibility index (Phi) is 4.61. The van der Waals surface area contributed by atoms with E-state index in [0.717, 1.165) is 24.0 Å². The first-order valence-corrected chi connectivity index (χ1v) is 6.74. The summed E-state index contributed by atoms with van der Waals surface area (Å²) in [4.78, 5) is 0. The van der Waals surface area contributed by atoms with Crippen LogP contribution >= 0.6 is 0 Å². The molecular weight excluding hydrogens is 220 g/mol. The number of hydrogen-bond acceptors (Lipinski definition) is 1. The van der Waals surface area contributed by atoms with Crippen molar-refractivity contribution in [2.24, 2.45) is 0 Å². The van der Waals surface area contributed by atoms with Gasteiger partial charge in [-0.15, -0.1) is 6.58 Å². The molecule has 0 atom stereocenters. The van der Waals surface area contributed by atoms with Gasteiger partial charge in [0.2, 0.25) is 0 Å². The van der Waals surface area contributed by atoms with E-state index >= 15 is 0 Å². The van der Waals surface area contributed by atoms with Crippen molar-refractivity contribution >= 4 is 0 Å². The van der Waals surface area contributed by atoms with E-state index in [1.165, 1.54) is 5.56 Å². The Bertz CT molecular complexity index is 422. The molecule has 0 bridgehead atoms. The average molecular weight is 246 g/mol. The third-order valence-electron chi connectivity index (χ3n) is 3.27. The molecule has 0 unspecified atom stereocenters. The third-order valence-corrected chi connectivity index (χ3v) is 3.27. The first kappa shape index (κ1) is 14.8. The van der Waals surface area contributed by atoms with Gasteiger partial charge >= 0.3 is 0 Å². The molecule has 1 rings (SSSR count). The van der Waals surface area contributed by atoms with E-state index in [9.17, 15) is 5.11 Å². The smallest absolute Gasteiger partial charge is 0.122 e. The molecule has 1 aromatic rings. The quantitative estimate of drug-likeness (QED) is 0.747. The van der Waals surface area contributed by atoms with Crippen molar-refractivity contribution in [2.45, 2.75) is 58.8 Å². The number of rotatable bonds is 4. The van der Waals surface area contributed by atoms with E-state index in [1.54, 1.807) is 0 Å². The summed E-state index contributed by atoms with van der Waals surface area (Å²) >= 11 is 0. The number of aryl methyl sites for hydroxylation is 1. The molecule has 0 aliphatic rings. The van der Waals surface area contributed by atoms with Crippen molar-refractivity contribution < 1.29 is 5.11 Å². The maximum Gasteiger partial charge on any atom is 0.122 e. The van der Waals surface area contributed by atoms with Crippen molar-refractivity contribution in [1.82, 2.24) is 0 Å². The predicted molar refractivity (Wildman–Crippen MR) is 79.4 cm³/mol. The summed E-state index contributed by atoms with van der Waals surface area (Å²) in [7, 11) is 0. The van der Waals surface area contributed by atoms with Gasteiger partial charge in [0.1, 0.15) is 5.75 Å². The van der Waals surface area contributed by atoms with E-state index in [0.29, 0.717) is 11.7 Å². The first-order valence-electron chi connectivity index (χ1n) is 6.74. The lowest BCUT2D eigenvalue weighted by molar-refractivity contribution is 0.437. The van der Waals surface area contributed by atoms with Crippen molar-refractivity contribution in [3.8, 4) is 5.75 Å². The van der Waals surface area contributed by atoms with Crippen LogP contribution < -0.4 is 0 Å². The van der Waals surface area contributed by atoms with Crippen molar-refractivity contribution in [3.05, 3.63) is 41.5 Å². The Hall–Kier alpha value is -1.24. The molecule has 0 radical (unpaired) electrons. The van der Waals surface area contributed by atoms with Crippen LogP contribution in [-0.4, -0.2) is 5.11 Å². The Labute approximate surface area is 112 Å². The Morgan fingerprint density at radius 1 is 1.28 bits per heavy atom. The van der Waals surface area contributed by atoms with Crippen LogP contribution in [0.4, 0.5) is 0 Å². The molecule has 18 heavy (non-hydrogen) atoms. The summed E-state index contributed by atoms with van der Waals surface area (Å²) in [6.07, 6.45) is 3.91. The zero-order valence-corrected chi connectivity index (χ0v) is 12.4. The van der Waals surface area contributed by atoms with Crippen LogP contribution in [0.5, 0.6) is 5.75 Å².